The van der Waals surface area contributed by atoms with Crippen molar-refractivity contribution in [2.45, 2.75) is 0 Å². The van der Waals surface area contributed by atoms with E-state index in [0.29, 0.717) is 28.1 Å². The molecule has 3 rings (SSSR count). The lowest BCUT2D eigenvalue weighted by atomic mass is 10.3. The van der Waals surface area contributed by atoms with Crippen LogP contribution < -0.4 is 10.6 Å². The zero-order valence-corrected chi connectivity index (χ0v) is 15.6. The van der Waals surface area contributed by atoms with Gasteiger partial charge in [-0.05, 0) is 12.1 Å². The summed E-state index contributed by atoms with van der Waals surface area (Å²) in [5.74, 6) is 0.211. The van der Waals surface area contributed by atoms with Crippen LogP contribution in [0.15, 0.2) is 30.6 Å². The molecule has 2 heterocycles. The fourth-order valence-corrected chi connectivity index (χ4v) is 2.88. The molecule has 2 aromatic rings. The molecule has 0 atom stereocenters. The molecule has 1 amide bonds. The number of ether oxygens (including phenoxy) is 1. The minimum absolute atomic E-state index is 0.249. The van der Waals surface area contributed by atoms with Crippen molar-refractivity contribution in [1.82, 2.24) is 20.2 Å². The predicted octanol–water partition coefficient (Wildman–Crippen LogP) is 2.59. The molecule has 1 fully saturated rings. The second-order valence-electron chi connectivity index (χ2n) is 5.72. The Hall–Kier alpha value is -1.93. The summed E-state index contributed by atoms with van der Waals surface area (Å²) in [7, 11) is 0. The molecule has 0 bridgehead atoms. The maximum atomic E-state index is 12.3. The van der Waals surface area contributed by atoms with Crippen molar-refractivity contribution in [3.05, 3.63) is 46.3 Å². The number of anilines is 2. The number of nitrogens with one attached hydrogen (secondary N) is 2. The number of halogens is 2. The van der Waals surface area contributed by atoms with Crippen molar-refractivity contribution in [2.24, 2.45) is 0 Å². The monoisotopic (exact) mass is 395 g/mol. The van der Waals surface area contributed by atoms with Crippen LogP contribution in [0.25, 0.3) is 0 Å². The quantitative estimate of drug-likeness (QED) is 0.782. The average Bonchev–Trinajstić information content (AvgIpc) is 2.66. The van der Waals surface area contributed by atoms with Gasteiger partial charge >= 0.3 is 0 Å². The predicted molar refractivity (Wildman–Crippen MR) is 101 cm³/mol. The van der Waals surface area contributed by atoms with Crippen molar-refractivity contribution >= 4 is 40.6 Å². The van der Waals surface area contributed by atoms with Gasteiger partial charge < -0.3 is 15.4 Å². The molecule has 0 saturated carbocycles. The number of hydrogen-bond acceptors (Lipinski definition) is 6. The minimum Gasteiger partial charge on any atom is -0.379 e. The number of aromatic nitrogens is 2. The third-order valence-corrected chi connectivity index (χ3v) is 4.75. The van der Waals surface area contributed by atoms with Gasteiger partial charge in [0.2, 0.25) is 0 Å². The van der Waals surface area contributed by atoms with Crippen molar-refractivity contribution < 1.29 is 9.53 Å². The van der Waals surface area contributed by atoms with E-state index in [-0.39, 0.29) is 11.6 Å². The topological polar surface area (TPSA) is 79.4 Å². The Morgan fingerprint density at radius 1 is 1.23 bits per heavy atom. The first-order chi connectivity index (χ1) is 12.6. The van der Waals surface area contributed by atoms with Gasteiger partial charge in [0.15, 0.2) is 0 Å². The third kappa shape index (κ3) is 5.04. The molecule has 1 aromatic carbocycles. The highest BCUT2D eigenvalue weighted by molar-refractivity contribution is 6.43. The van der Waals surface area contributed by atoms with Crippen molar-refractivity contribution in [1.29, 1.82) is 0 Å². The van der Waals surface area contributed by atoms with Crippen LogP contribution >= 0.6 is 23.2 Å². The summed E-state index contributed by atoms with van der Waals surface area (Å²) in [6, 6.07) is 6.82. The number of nitrogens with zero attached hydrogens (tertiary/aromatic N) is 3. The molecular formula is C17H19Cl2N5O2. The van der Waals surface area contributed by atoms with Gasteiger partial charge in [-0.25, -0.2) is 9.97 Å². The first kappa shape index (κ1) is 18.8. The highest BCUT2D eigenvalue weighted by Gasteiger charge is 2.13. The Morgan fingerprint density at radius 2 is 2.04 bits per heavy atom. The van der Waals surface area contributed by atoms with Gasteiger partial charge in [0.1, 0.15) is 17.8 Å². The van der Waals surface area contributed by atoms with E-state index in [9.17, 15) is 4.79 Å². The van der Waals surface area contributed by atoms with Gasteiger partial charge in [0.25, 0.3) is 5.91 Å². The Labute approximate surface area is 161 Å². The summed E-state index contributed by atoms with van der Waals surface area (Å²) in [5, 5.41) is 6.75. The summed E-state index contributed by atoms with van der Waals surface area (Å²) in [4.78, 5) is 22.7. The highest BCUT2D eigenvalue weighted by Crippen LogP contribution is 2.31. The molecule has 7 nitrogen and oxygen atoms in total. The second kappa shape index (κ2) is 9.14. The third-order valence-electron chi connectivity index (χ3n) is 3.93. The molecule has 2 N–H and O–H groups in total. The first-order valence-corrected chi connectivity index (χ1v) is 9.00. The summed E-state index contributed by atoms with van der Waals surface area (Å²) in [5.41, 5.74) is 0.888. The summed E-state index contributed by atoms with van der Waals surface area (Å²) in [6.07, 6.45) is 1.33. The van der Waals surface area contributed by atoms with Gasteiger partial charge in [-0.1, -0.05) is 29.3 Å². The molecule has 0 radical (unpaired) electrons. The number of hydrogen-bond donors (Lipinski definition) is 2. The van der Waals surface area contributed by atoms with Crippen LogP contribution in [0, 0.1) is 0 Å². The van der Waals surface area contributed by atoms with Crippen molar-refractivity contribution in [3.8, 4) is 0 Å². The van der Waals surface area contributed by atoms with Crippen molar-refractivity contribution in [3.63, 3.8) is 0 Å². The SMILES string of the molecule is O=C(NCCN1CCOCC1)c1cc(Nc2cccc(Cl)c2Cl)ncn1. The van der Waals surface area contributed by atoms with E-state index in [4.69, 9.17) is 27.9 Å². The Bertz CT molecular complexity index is 769. The Balaban J connectivity index is 1.57. The van der Waals surface area contributed by atoms with E-state index in [0.717, 1.165) is 32.8 Å². The zero-order valence-electron chi connectivity index (χ0n) is 14.0. The lowest BCUT2D eigenvalue weighted by molar-refractivity contribution is 0.0383. The first-order valence-electron chi connectivity index (χ1n) is 8.25. The van der Waals surface area contributed by atoms with Gasteiger partial charge in [-0.3, -0.25) is 9.69 Å². The number of carbonyl (C=O) groups is 1. The maximum Gasteiger partial charge on any atom is 0.270 e. The molecule has 1 aliphatic heterocycles. The number of carbonyl (C=O) groups excluding carboxylic acids is 1. The van der Waals surface area contributed by atoms with Crippen LogP contribution in [0.1, 0.15) is 10.5 Å². The van der Waals surface area contributed by atoms with Crippen LogP contribution in [0.5, 0.6) is 0 Å². The van der Waals surface area contributed by atoms with E-state index < -0.39 is 0 Å². The largest absolute Gasteiger partial charge is 0.379 e. The summed E-state index contributed by atoms with van der Waals surface area (Å²) in [6.45, 7) is 4.58. The minimum atomic E-state index is -0.249. The molecule has 0 spiro atoms. The van der Waals surface area contributed by atoms with E-state index >= 15 is 0 Å². The van der Waals surface area contributed by atoms with Gasteiger partial charge in [-0.2, -0.15) is 0 Å². The lowest BCUT2D eigenvalue weighted by Gasteiger charge is -2.26. The van der Waals surface area contributed by atoms with E-state index in [1.165, 1.54) is 6.33 Å². The average molecular weight is 396 g/mol. The molecule has 1 aliphatic rings. The lowest BCUT2D eigenvalue weighted by Crippen LogP contribution is -2.41. The van der Waals surface area contributed by atoms with Crippen LogP contribution in [0.4, 0.5) is 11.5 Å². The standard InChI is InChI=1S/C17H19Cl2N5O2/c18-12-2-1-3-13(16(12)19)23-15-10-14(21-11-22-15)17(25)20-4-5-24-6-8-26-9-7-24/h1-3,10-11H,4-9H2,(H,20,25)(H,21,22,23). The molecule has 9 heteroatoms. The normalized spacial score (nSPS) is 14.8. The number of morpholine rings is 1. The zero-order chi connectivity index (χ0) is 18.4. The van der Waals surface area contributed by atoms with Crippen molar-refractivity contribution in [2.75, 3.05) is 44.7 Å². The highest BCUT2D eigenvalue weighted by atomic mass is 35.5. The van der Waals surface area contributed by atoms with Crippen LogP contribution in [0.2, 0.25) is 10.0 Å². The van der Waals surface area contributed by atoms with E-state index in [1.807, 2.05) is 0 Å². The molecule has 1 saturated heterocycles. The van der Waals surface area contributed by atoms with Crippen LogP contribution in [-0.4, -0.2) is 60.2 Å². The maximum absolute atomic E-state index is 12.3. The second-order valence-corrected chi connectivity index (χ2v) is 6.51. The molecular weight excluding hydrogens is 377 g/mol. The fraction of sp³-hybridized carbons (Fsp3) is 0.353. The summed E-state index contributed by atoms with van der Waals surface area (Å²) >= 11 is 12.2. The smallest absolute Gasteiger partial charge is 0.270 e. The molecule has 0 unspecified atom stereocenters. The fourth-order valence-electron chi connectivity index (χ4n) is 2.53. The summed E-state index contributed by atoms with van der Waals surface area (Å²) < 4.78 is 5.30. The molecule has 0 aliphatic carbocycles. The Morgan fingerprint density at radius 3 is 2.85 bits per heavy atom. The van der Waals surface area contributed by atoms with E-state index in [1.54, 1.807) is 24.3 Å². The van der Waals surface area contributed by atoms with Gasteiger partial charge in [-0.15, -0.1) is 0 Å². The van der Waals surface area contributed by atoms with E-state index in [2.05, 4.69) is 25.5 Å². The van der Waals surface area contributed by atoms with Gasteiger partial charge in [0.05, 0.1) is 28.9 Å². The number of rotatable bonds is 6. The number of benzene rings is 1. The number of amides is 1. The van der Waals surface area contributed by atoms with Crippen LogP contribution in [-0.2, 0) is 4.74 Å². The van der Waals surface area contributed by atoms with Crippen LogP contribution in [0.3, 0.4) is 0 Å². The van der Waals surface area contributed by atoms with Gasteiger partial charge in [0, 0.05) is 32.2 Å². The Kier molecular flexibility index (Phi) is 6.62. The molecule has 138 valence electrons. The molecule has 26 heavy (non-hydrogen) atoms. The molecule has 1 aromatic heterocycles.